The fourth-order valence-electron chi connectivity index (χ4n) is 2.65. The van der Waals surface area contributed by atoms with Gasteiger partial charge in [0, 0.05) is 12.6 Å². The fraction of sp³-hybridized carbons (Fsp3) is 0.857. The van der Waals surface area contributed by atoms with Crippen molar-refractivity contribution in [1.29, 1.82) is 0 Å². The predicted molar refractivity (Wildman–Crippen MR) is 69.7 cm³/mol. The zero-order valence-corrected chi connectivity index (χ0v) is 11.4. The Kier molecular flexibility index (Phi) is 2.95. The van der Waals surface area contributed by atoms with Gasteiger partial charge in [0.05, 0.1) is 0 Å². The number of hydrogen-bond donors (Lipinski definition) is 2. The molecular formula is C14H22N2O3. The molecule has 2 N–H and O–H groups in total. The molecule has 0 spiro atoms. The lowest BCUT2D eigenvalue weighted by Crippen LogP contribution is -2.58. The number of nitrogens with zero attached hydrogens (tertiary/aromatic N) is 1. The molecule has 0 radical (unpaired) electrons. The van der Waals surface area contributed by atoms with E-state index in [1.807, 2.05) is 4.90 Å². The van der Waals surface area contributed by atoms with Crippen LogP contribution in [0.4, 0.5) is 4.79 Å². The molecule has 1 atom stereocenters. The Bertz CT molecular complexity index is 399. The topological polar surface area (TPSA) is 69.6 Å². The average Bonchev–Trinajstić information content (AvgIpc) is 3.21. The Morgan fingerprint density at radius 3 is 2.26 bits per heavy atom. The summed E-state index contributed by atoms with van der Waals surface area (Å²) in [6, 6.07) is 0.170. The number of rotatable bonds is 6. The van der Waals surface area contributed by atoms with Gasteiger partial charge in [-0.3, -0.25) is 0 Å². The summed E-state index contributed by atoms with van der Waals surface area (Å²) in [4.78, 5) is 25.7. The lowest BCUT2D eigenvalue weighted by atomic mass is 9.96. The standard InChI is InChI=1S/C14H22N2O3/c1-14(12(17)18,10-4-5-10)15-13(19)16(11-6-7-11)8-9-2-3-9/h9-11H,2-8H2,1H3,(H,15,19)(H,17,18). The van der Waals surface area contributed by atoms with Gasteiger partial charge in [-0.15, -0.1) is 0 Å². The molecule has 0 aromatic rings. The van der Waals surface area contributed by atoms with Crippen LogP contribution >= 0.6 is 0 Å². The lowest BCUT2D eigenvalue weighted by Gasteiger charge is -2.31. The second-order valence-corrected chi connectivity index (χ2v) is 6.54. The molecule has 3 aliphatic rings. The zero-order chi connectivity index (χ0) is 13.6. The van der Waals surface area contributed by atoms with Gasteiger partial charge < -0.3 is 15.3 Å². The van der Waals surface area contributed by atoms with Crippen molar-refractivity contribution >= 4 is 12.0 Å². The lowest BCUT2D eigenvalue weighted by molar-refractivity contribution is -0.144. The molecule has 106 valence electrons. The van der Waals surface area contributed by atoms with E-state index in [-0.39, 0.29) is 11.9 Å². The van der Waals surface area contributed by atoms with E-state index < -0.39 is 11.5 Å². The molecule has 3 saturated carbocycles. The van der Waals surface area contributed by atoms with Crippen molar-refractivity contribution in [1.82, 2.24) is 10.2 Å². The highest BCUT2D eigenvalue weighted by molar-refractivity contribution is 5.86. The van der Waals surface area contributed by atoms with E-state index in [4.69, 9.17) is 0 Å². The highest BCUT2D eigenvalue weighted by Gasteiger charge is 2.50. The first kappa shape index (κ1) is 12.8. The maximum Gasteiger partial charge on any atom is 0.329 e. The van der Waals surface area contributed by atoms with Gasteiger partial charge in [-0.25, -0.2) is 9.59 Å². The average molecular weight is 266 g/mol. The van der Waals surface area contributed by atoms with Crippen molar-refractivity contribution in [2.24, 2.45) is 11.8 Å². The maximum absolute atomic E-state index is 12.4. The fourth-order valence-corrected chi connectivity index (χ4v) is 2.65. The molecule has 19 heavy (non-hydrogen) atoms. The van der Waals surface area contributed by atoms with Crippen molar-refractivity contribution in [3.8, 4) is 0 Å². The zero-order valence-electron chi connectivity index (χ0n) is 11.4. The third-order valence-electron chi connectivity index (χ3n) is 4.61. The minimum absolute atomic E-state index is 0.0935. The number of amides is 2. The Hall–Kier alpha value is -1.26. The van der Waals surface area contributed by atoms with E-state index in [2.05, 4.69) is 5.32 Å². The molecule has 5 heteroatoms. The summed E-state index contributed by atoms with van der Waals surface area (Å²) in [5.41, 5.74) is -1.09. The number of urea groups is 1. The van der Waals surface area contributed by atoms with E-state index >= 15 is 0 Å². The monoisotopic (exact) mass is 266 g/mol. The molecule has 0 bridgehead atoms. The van der Waals surface area contributed by atoms with Gasteiger partial charge in [-0.2, -0.15) is 0 Å². The summed E-state index contributed by atoms with van der Waals surface area (Å²) in [7, 11) is 0. The van der Waals surface area contributed by atoms with Crippen molar-refractivity contribution in [2.75, 3.05) is 6.54 Å². The third kappa shape index (κ3) is 2.69. The van der Waals surface area contributed by atoms with Crippen LogP contribution in [0.1, 0.15) is 45.4 Å². The van der Waals surface area contributed by atoms with Crippen LogP contribution in [0.5, 0.6) is 0 Å². The second-order valence-electron chi connectivity index (χ2n) is 6.54. The Balaban J connectivity index is 1.65. The van der Waals surface area contributed by atoms with Gasteiger partial charge in [0.15, 0.2) is 0 Å². The molecular weight excluding hydrogens is 244 g/mol. The Labute approximate surface area is 113 Å². The highest BCUT2D eigenvalue weighted by Crippen LogP contribution is 2.40. The van der Waals surface area contributed by atoms with Gasteiger partial charge in [0.25, 0.3) is 0 Å². The quantitative estimate of drug-likeness (QED) is 0.770. The third-order valence-corrected chi connectivity index (χ3v) is 4.61. The number of carbonyl (C=O) groups is 2. The van der Waals surface area contributed by atoms with Gasteiger partial charge in [0.1, 0.15) is 5.54 Å². The SMILES string of the molecule is CC(NC(=O)N(CC1CC1)C1CC1)(C(=O)O)C1CC1. The van der Waals surface area contributed by atoms with Crippen LogP contribution in [-0.4, -0.2) is 40.1 Å². The van der Waals surface area contributed by atoms with E-state index in [0.717, 1.165) is 32.2 Å². The molecule has 3 fully saturated rings. The summed E-state index contributed by atoms with van der Waals surface area (Å²) < 4.78 is 0. The van der Waals surface area contributed by atoms with E-state index in [1.54, 1.807) is 6.92 Å². The van der Waals surface area contributed by atoms with Crippen LogP contribution in [-0.2, 0) is 4.79 Å². The van der Waals surface area contributed by atoms with Crippen LogP contribution in [0.2, 0.25) is 0 Å². The molecule has 0 heterocycles. The van der Waals surface area contributed by atoms with Crippen LogP contribution in [0, 0.1) is 11.8 Å². The molecule has 3 rings (SSSR count). The molecule has 0 aromatic heterocycles. The van der Waals surface area contributed by atoms with Gasteiger partial charge in [-0.05, 0) is 57.3 Å². The second kappa shape index (κ2) is 4.39. The highest BCUT2D eigenvalue weighted by atomic mass is 16.4. The molecule has 2 amide bonds. The van der Waals surface area contributed by atoms with Crippen LogP contribution in [0.15, 0.2) is 0 Å². The number of carboxylic acids is 1. The Morgan fingerprint density at radius 1 is 1.21 bits per heavy atom. The van der Waals surface area contributed by atoms with Crippen molar-refractivity contribution in [3.63, 3.8) is 0 Å². The van der Waals surface area contributed by atoms with E-state index in [9.17, 15) is 14.7 Å². The predicted octanol–water partition coefficient (Wildman–Crippen LogP) is 1.82. The minimum Gasteiger partial charge on any atom is -0.480 e. The van der Waals surface area contributed by atoms with E-state index in [0.29, 0.717) is 12.0 Å². The van der Waals surface area contributed by atoms with Gasteiger partial charge in [0.2, 0.25) is 0 Å². The molecule has 1 unspecified atom stereocenters. The van der Waals surface area contributed by atoms with Crippen LogP contribution in [0.25, 0.3) is 0 Å². The van der Waals surface area contributed by atoms with Gasteiger partial charge in [-0.1, -0.05) is 0 Å². The smallest absolute Gasteiger partial charge is 0.329 e. The summed E-state index contributed by atoms with van der Waals surface area (Å²) in [5, 5.41) is 12.2. The molecule has 5 nitrogen and oxygen atoms in total. The summed E-state index contributed by atoms with van der Waals surface area (Å²) in [5.74, 6) is -0.176. The van der Waals surface area contributed by atoms with Crippen molar-refractivity contribution in [2.45, 2.75) is 57.0 Å². The summed E-state index contributed by atoms with van der Waals surface area (Å²) in [6.07, 6.45) is 6.33. The summed E-state index contributed by atoms with van der Waals surface area (Å²) in [6.45, 7) is 2.45. The van der Waals surface area contributed by atoms with Crippen LogP contribution in [0.3, 0.4) is 0 Å². The molecule has 0 saturated heterocycles. The molecule has 0 aliphatic heterocycles. The largest absolute Gasteiger partial charge is 0.480 e. The normalized spacial score (nSPS) is 25.5. The first-order chi connectivity index (χ1) is 9.00. The molecule has 3 aliphatic carbocycles. The van der Waals surface area contributed by atoms with Crippen LogP contribution < -0.4 is 5.32 Å². The number of aliphatic carboxylic acids is 1. The molecule has 0 aromatic carbocycles. The summed E-state index contributed by atoms with van der Waals surface area (Å²) >= 11 is 0. The Morgan fingerprint density at radius 2 is 1.84 bits per heavy atom. The van der Waals surface area contributed by atoms with Crippen molar-refractivity contribution < 1.29 is 14.7 Å². The number of nitrogens with one attached hydrogen (secondary N) is 1. The number of hydrogen-bond acceptors (Lipinski definition) is 2. The minimum atomic E-state index is -1.09. The first-order valence-corrected chi connectivity index (χ1v) is 7.33. The number of carbonyl (C=O) groups excluding carboxylic acids is 1. The first-order valence-electron chi connectivity index (χ1n) is 7.33. The van der Waals surface area contributed by atoms with Gasteiger partial charge >= 0.3 is 12.0 Å². The van der Waals surface area contributed by atoms with Crippen molar-refractivity contribution in [3.05, 3.63) is 0 Å². The van der Waals surface area contributed by atoms with E-state index in [1.165, 1.54) is 12.8 Å². The maximum atomic E-state index is 12.4. The number of carboxylic acid groups (broad SMARTS) is 1.